The summed E-state index contributed by atoms with van der Waals surface area (Å²) in [4.78, 5) is 8.97. The molecule has 0 saturated heterocycles. The van der Waals surface area contributed by atoms with Gasteiger partial charge in [0.1, 0.15) is 5.82 Å². The molecule has 0 unspecified atom stereocenters. The van der Waals surface area contributed by atoms with E-state index < -0.39 is 0 Å². The number of methoxy groups -OCH3 is 1. The molecule has 0 amide bonds. The molecule has 0 aliphatic carbocycles. The lowest BCUT2D eigenvalue weighted by molar-refractivity contribution is 0.181. The second kappa shape index (κ2) is 6.32. The van der Waals surface area contributed by atoms with Crippen molar-refractivity contribution in [1.29, 1.82) is 0 Å². The molecular formula is C13H13BrClN3O. The van der Waals surface area contributed by atoms with Crippen LogP contribution in [0.3, 0.4) is 0 Å². The van der Waals surface area contributed by atoms with Gasteiger partial charge in [-0.2, -0.15) is 0 Å². The second-order valence-corrected chi connectivity index (χ2v) is 5.08. The molecule has 2 rings (SSSR count). The van der Waals surface area contributed by atoms with Gasteiger partial charge in [0.25, 0.3) is 0 Å². The third-order valence-corrected chi connectivity index (χ3v) is 3.63. The molecule has 0 aliphatic rings. The molecule has 100 valence electrons. The maximum absolute atomic E-state index is 5.88. The van der Waals surface area contributed by atoms with E-state index in [0.717, 1.165) is 21.5 Å². The van der Waals surface area contributed by atoms with E-state index in [0.29, 0.717) is 17.5 Å². The molecule has 0 bridgehead atoms. The Hall–Kier alpha value is -1.17. The topological polar surface area (TPSA) is 47.0 Å². The zero-order valence-corrected chi connectivity index (χ0v) is 12.9. The molecule has 0 saturated carbocycles. The number of aromatic nitrogens is 2. The first-order valence-corrected chi connectivity index (χ1v) is 6.82. The van der Waals surface area contributed by atoms with Crippen molar-refractivity contribution in [1.82, 2.24) is 9.97 Å². The van der Waals surface area contributed by atoms with Crippen molar-refractivity contribution in [2.24, 2.45) is 0 Å². The first-order valence-electron chi connectivity index (χ1n) is 5.64. The van der Waals surface area contributed by atoms with Crippen LogP contribution in [0.4, 0.5) is 5.82 Å². The molecule has 1 aromatic carbocycles. The lowest BCUT2D eigenvalue weighted by Gasteiger charge is -2.10. The van der Waals surface area contributed by atoms with E-state index in [4.69, 9.17) is 16.3 Å². The standard InChI is InChI=1S/C13H13BrClN3O/c1-16-13-11(14)10(7-19-2)17-12(18-13)8-3-5-9(15)6-4-8/h3-6H,7H2,1-2H3,(H,16,17,18). The highest BCUT2D eigenvalue weighted by atomic mass is 79.9. The Balaban J connectivity index is 2.51. The van der Waals surface area contributed by atoms with E-state index in [2.05, 4.69) is 31.2 Å². The Kier molecular flexibility index (Phi) is 4.74. The Bertz CT molecular complexity index is 575. The highest BCUT2D eigenvalue weighted by molar-refractivity contribution is 9.10. The SMILES string of the molecule is CNc1nc(-c2ccc(Cl)cc2)nc(COC)c1Br. The average molecular weight is 343 g/mol. The van der Waals surface area contributed by atoms with E-state index in [9.17, 15) is 0 Å². The van der Waals surface area contributed by atoms with Crippen LogP contribution in [0, 0.1) is 0 Å². The summed E-state index contributed by atoms with van der Waals surface area (Å²) < 4.78 is 5.96. The molecule has 4 nitrogen and oxygen atoms in total. The van der Waals surface area contributed by atoms with Crippen LogP contribution in [-0.4, -0.2) is 24.1 Å². The molecule has 2 aromatic rings. The fourth-order valence-electron chi connectivity index (χ4n) is 1.62. The molecule has 0 spiro atoms. The molecule has 6 heteroatoms. The van der Waals surface area contributed by atoms with Gasteiger partial charge in [-0.05, 0) is 40.2 Å². The van der Waals surface area contributed by atoms with Crippen molar-refractivity contribution in [3.05, 3.63) is 39.5 Å². The maximum Gasteiger partial charge on any atom is 0.161 e. The lowest BCUT2D eigenvalue weighted by atomic mass is 10.2. The molecule has 0 aliphatic heterocycles. The highest BCUT2D eigenvalue weighted by Gasteiger charge is 2.12. The van der Waals surface area contributed by atoms with Crippen LogP contribution in [0.5, 0.6) is 0 Å². The summed E-state index contributed by atoms with van der Waals surface area (Å²) in [5, 5.41) is 3.72. The van der Waals surface area contributed by atoms with Crippen LogP contribution in [-0.2, 0) is 11.3 Å². The number of rotatable bonds is 4. The molecule has 0 fully saturated rings. The van der Waals surface area contributed by atoms with Gasteiger partial charge in [0, 0.05) is 24.7 Å². The van der Waals surface area contributed by atoms with E-state index in [-0.39, 0.29) is 0 Å². The van der Waals surface area contributed by atoms with Gasteiger partial charge in [-0.15, -0.1) is 0 Å². The molecule has 19 heavy (non-hydrogen) atoms. The van der Waals surface area contributed by atoms with Gasteiger partial charge in [-0.1, -0.05) is 11.6 Å². The van der Waals surface area contributed by atoms with Crippen LogP contribution in [0.15, 0.2) is 28.7 Å². The zero-order chi connectivity index (χ0) is 13.8. The van der Waals surface area contributed by atoms with Crippen molar-refractivity contribution < 1.29 is 4.74 Å². The summed E-state index contributed by atoms with van der Waals surface area (Å²) in [7, 11) is 3.45. The van der Waals surface area contributed by atoms with Gasteiger partial charge < -0.3 is 10.1 Å². The smallest absolute Gasteiger partial charge is 0.161 e. The van der Waals surface area contributed by atoms with Crippen LogP contribution >= 0.6 is 27.5 Å². The summed E-state index contributed by atoms with van der Waals surface area (Å²) >= 11 is 9.36. The molecule has 1 aromatic heterocycles. The predicted molar refractivity (Wildman–Crippen MR) is 80.4 cm³/mol. The fraction of sp³-hybridized carbons (Fsp3) is 0.231. The Morgan fingerprint density at radius 2 is 1.95 bits per heavy atom. The molecule has 1 N–H and O–H groups in total. The molecule has 0 radical (unpaired) electrons. The van der Waals surface area contributed by atoms with Crippen LogP contribution in [0.2, 0.25) is 5.02 Å². The van der Waals surface area contributed by atoms with Crippen LogP contribution in [0.1, 0.15) is 5.69 Å². The normalized spacial score (nSPS) is 10.5. The minimum absolute atomic E-state index is 0.415. The fourth-order valence-corrected chi connectivity index (χ4v) is 2.24. The van der Waals surface area contributed by atoms with Gasteiger partial charge in [-0.25, -0.2) is 9.97 Å². The average Bonchev–Trinajstić information content (AvgIpc) is 2.42. The number of anilines is 1. The summed E-state index contributed by atoms with van der Waals surface area (Å²) in [6, 6.07) is 7.41. The van der Waals surface area contributed by atoms with Crippen molar-refractivity contribution in [3.63, 3.8) is 0 Å². The van der Waals surface area contributed by atoms with Crippen LogP contribution in [0.25, 0.3) is 11.4 Å². The first kappa shape index (κ1) is 14.2. The van der Waals surface area contributed by atoms with E-state index in [1.165, 1.54) is 0 Å². The lowest BCUT2D eigenvalue weighted by Crippen LogP contribution is -2.04. The summed E-state index contributed by atoms with van der Waals surface area (Å²) in [5.74, 6) is 1.36. The van der Waals surface area contributed by atoms with E-state index in [1.54, 1.807) is 7.11 Å². The Morgan fingerprint density at radius 3 is 2.53 bits per heavy atom. The van der Waals surface area contributed by atoms with Gasteiger partial charge in [0.15, 0.2) is 5.82 Å². The van der Waals surface area contributed by atoms with Gasteiger partial charge in [0.2, 0.25) is 0 Å². The molecular weight excluding hydrogens is 330 g/mol. The predicted octanol–water partition coefficient (Wildman–Crippen LogP) is 3.75. The van der Waals surface area contributed by atoms with Crippen molar-refractivity contribution in [3.8, 4) is 11.4 Å². The quantitative estimate of drug-likeness (QED) is 0.919. The monoisotopic (exact) mass is 341 g/mol. The Morgan fingerprint density at radius 1 is 1.26 bits per heavy atom. The second-order valence-electron chi connectivity index (χ2n) is 3.85. The third-order valence-electron chi connectivity index (χ3n) is 2.54. The number of nitrogens with one attached hydrogen (secondary N) is 1. The van der Waals surface area contributed by atoms with E-state index >= 15 is 0 Å². The number of ether oxygens (including phenoxy) is 1. The largest absolute Gasteiger partial charge is 0.378 e. The first-order chi connectivity index (χ1) is 9.15. The molecule has 0 atom stereocenters. The molecule has 1 heterocycles. The maximum atomic E-state index is 5.88. The minimum Gasteiger partial charge on any atom is -0.378 e. The number of hydrogen-bond acceptors (Lipinski definition) is 4. The summed E-state index contributed by atoms with van der Waals surface area (Å²) in [6.07, 6.45) is 0. The minimum atomic E-state index is 0.415. The number of hydrogen-bond donors (Lipinski definition) is 1. The number of nitrogens with zero attached hydrogens (tertiary/aromatic N) is 2. The van der Waals surface area contributed by atoms with Gasteiger partial charge in [0.05, 0.1) is 16.8 Å². The van der Waals surface area contributed by atoms with Crippen molar-refractivity contribution in [2.45, 2.75) is 6.61 Å². The summed E-state index contributed by atoms with van der Waals surface area (Å²) in [5.41, 5.74) is 1.71. The third kappa shape index (κ3) is 3.23. The highest BCUT2D eigenvalue weighted by Crippen LogP contribution is 2.27. The Labute approximate surface area is 125 Å². The van der Waals surface area contributed by atoms with Gasteiger partial charge >= 0.3 is 0 Å². The zero-order valence-electron chi connectivity index (χ0n) is 10.6. The number of benzene rings is 1. The van der Waals surface area contributed by atoms with Crippen molar-refractivity contribution in [2.75, 3.05) is 19.5 Å². The number of halogens is 2. The van der Waals surface area contributed by atoms with Crippen molar-refractivity contribution >= 4 is 33.3 Å². The van der Waals surface area contributed by atoms with E-state index in [1.807, 2.05) is 31.3 Å². The van der Waals surface area contributed by atoms with Crippen LogP contribution < -0.4 is 5.32 Å². The van der Waals surface area contributed by atoms with Gasteiger partial charge in [-0.3, -0.25) is 0 Å². The summed E-state index contributed by atoms with van der Waals surface area (Å²) in [6.45, 7) is 0.415.